The fourth-order valence-electron chi connectivity index (χ4n) is 2.51. The second-order valence-electron chi connectivity index (χ2n) is 5.38. The first-order chi connectivity index (χ1) is 11.6. The quantitative estimate of drug-likeness (QED) is 0.771. The fraction of sp³-hybridized carbons (Fsp3) is 0.294. The Hall–Kier alpha value is -2.54. The predicted molar refractivity (Wildman–Crippen MR) is 92.1 cm³/mol. The van der Waals surface area contributed by atoms with E-state index < -0.39 is 0 Å². The van der Waals surface area contributed by atoms with Gasteiger partial charge >= 0.3 is 0 Å². The number of hydrogen-bond acceptors (Lipinski definition) is 6. The summed E-state index contributed by atoms with van der Waals surface area (Å²) in [6, 6.07) is 5.71. The Morgan fingerprint density at radius 1 is 1.29 bits per heavy atom. The third kappa shape index (κ3) is 3.21. The van der Waals surface area contributed by atoms with Crippen LogP contribution in [0.15, 0.2) is 28.9 Å². The van der Waals surface area contributed by atoms with Crippen LogP contribution in [0, 0.1) is 13.8 Å². The number of aryl methyl sites for hydroxylation is 3. The molecule has 3 heterocycles. The number of carbonyl (C=O) groups is 1. The molecule has 0 bridgehead atoms. The van der Waals surface area contributed by atoms with Crippen LogP contribution in [0.4, 0.5) is 0 Å². The molecular formula is C17H18N4O2S. The summed E-state index contributed by atoms with van der Waals surface area (Å²) in [6.45, 7) is 3.76. The van der Waals surface area contributed by atoms with Crippen molar-refractivity contribution in [2.45, 2.75) is 26.7 Å². The monoisotopic (exact) mass is 342 g/mol. The van der Waals surface area contributed by atoms with Crippen LogP contribution >= 0.6 is 11.3 Å². The maximum absolute atomic E-state index is 11.8. The Labute approximate surface area is 143 Å². The molecule has 0 unspecified atom stereocenters. The molecule has 124 valence electrons. The molecule has 1 N–H and O–H groups in total. The first kappa shape index (κ1) is 16.3. The summed E-state index contributed by atoms with van der Waals surface area (Å²) in [7, 11) is 1.63. The van der Waals surface area contributed by atoms with Gasteiger partial charge in [-0.25, -0.2) is 4.98 Å². The molecular weight excluding hydrogens is 324 g/mol. The number of pyridine rings is 1. The van der Waals surface area contributed by atoms with Crippen LogP contribution in [0.3, 0.4) is 0 Å². The fourth-order valence-corrected chi connectivity index (χ4v) is 3.52. The van der Waals surface area contributed by atoms with Crippen molar-refractivity contribution in [2.24, 2.45) is 0 Å². The Morgan fingerprint density at radius 3 is 2.83 bits per heavy atom. The van der Waals surface area contributed by atoms with Crippen LogP contribution in [-0.2, 0) is 12.8 Å². The lowest BCUT2D eigenvalue weighted by Gasteiger charge is -2.00. The van der Waals surface area contributed by atoms with Crippen LogP contribution in [0.2, 0.25) is 0 Å². The van der Waals surface area contributed by atoms with Gasteiger partial charge in [-0.1, -0.05) is 11.2 Å². The molecule has 3 aromatic rings. The summed E-state index contributed by atoms with van der Waals surface area (Å²) >= 11 is 1.43. The van der Waals surface area contributed by atoms with E-state index in [9.17, 15) is 4.79 Å². The van der Waals surface area contributed by atoms with Crippen LogP contribution < -0.4 is 5.32 Å². The highest BCUT2D eigenvalue weighted by Crippen LogP contribution is 2.26. The second kappa shape index (κ2) is 6.92. The molecule has 0 aliphatic heterocycles. The van der Waals surface area contributed by atoms with Crippen molar-refractivity contribution < 1.29 is 9.32 Å². The lowest BCUT2D eigenvalue weighted by Crippen LogP contribution is -2.17. The standard InChI is InChI=1S/C17H18N4O2S/c1-10-16(17(22)18-3)24-14(20-10)8-7-12-11(2)23-21-15(12)13-6-4-5-9-19-13/h4-6,9H,7-8H2,1-3H3,(H,18,22). The zero-order valence-electron chi connectivity index (χ0n) is 13.8. The average molecular weight is 342 g/mol. The number of amides is 1. The summed E-state index contributed by atoms with van der Waals surface area (Å²) < 4.78 is 5.35. The average Bonchev–Trinajstić information content (AvgIpc) is 3.15. The molecule has 0 atom stereocenters. The summed E-state index contributed by atoms with van der Waals surface area (Å²) in [5, 5.41) is 7.72. The van der Waals surface area contributed by atoms with E-state index in [2.05, 4.69) is 20.4 Å². The SMILES string of the molecule is CNC(=O)c1sc(CCc2c(-c3ccccn3)noc2C)nc1C. The molecule has 3 rings (SSSR count). The number of rotatable bonds is 5. The normalized spacial score (nSPS) is 10.8. The molecule has 3 aromatic heterocycles. The van der Waals surface area contributed by atoms with Crippen LogP contribution in [0.1, 0.15) is 31.7 Å². The zero-order valence-corrected chi connectivity index (χ0v) is 14.6. The first-order valence-electron chi connectivity index (χ1n) is 7.65. The van der Waals surface area contributed by atoms with Crippen molar-refractivity contribution in [2.75, 3.05) is 7.05 Å². The van der Waals surface area contributed by atoms with Crippen molar-refractivity contribution >= 4 is 17.2 Å². The van der Waals surface area contributed by atoms with Crippen molar-refractivity contribution in [3.05, 3.63) is 51.3 Å². The summed E-state index contributed by atoms with van der Waals surface area (Å²) in [5.74, 6) is 0.696. The van der Waals surface area contributed by atoms with Gasteiger partial charge in [0.25, 0.3) is 5.91 Å². The van der Waals surface area contributed by atoms with Gasteiger partial charge in [-0.2, -0.15) is 0 Å². The minimum absolute atomic E-state index is 0.0911. The van der Waals surface area contributed by atoms with Gasteiger partial charge in [0.05, 0.1) is 16.4 Å². The van der Waals surface area contributed by atoms with Crippen LogP contribution in [0.5, 0.6) is 0 Å². The topological polar surface area (TPSA) is 80.9 Å². The Balaban J connectivity index is 1.81. The third-order valence-electron chi connectivity index (χ3n) is 3.76. The maximum Gasteiger partial charge on any atom is 0.263 e. The lowest BCUT2D eigenvalue weighted by molar-refractivity contribution is 0.0966. The van der Waals surface area contributed by atoms with Gasteiger partial charge < -0.3 is 9.84 Å². The van der Waals surface area contributed by atoms with E-state index in [1.807, 2.05) is 32.0 Å². The number of aromatic nitrogens is 3. The molecule has 0 radical (unpaired) electrons. The van der Waals surface area contributed by atoms with Gasteiger partial charge in [0.1, 0.15) is 16.3 Å². The van der Waals surface area contributed by atoms with E-state index in [0.717, 1.165) is 46.3 Å². The van der Waals surface area contributed by atoms with Crippen LogP contribution in [0.25, 0.3) is 11.4 Å². The van der Waals surface area contributed by atoms with E-state index in [4.69, 9.17) is 4.52 Å². The molecule has 0 spiro atoms. The summed E-state index contributed by atoms with van der Waals surface area (Å²) in [4.78, 5) is 21.3. The predicted octanol–water partition coefficient (Wildman–Crippen LogP) is 2.95. The van der Waals surface area contributed by atoms with Gasteiger partial charge in [0.15, 0.2) is 0 Å². The molecule has 0 aromatic carbocycles. The van der Waals surface area contributed by atoms with E-state index in [1.165, 1.54) is 11.3 Å². The summed E-state index contributed by atoms with van der Waals surface area (Å²) in [5.41, 5.74) is 3.36. The Morgan fingerprint density at radius 2 is 2.12 bits per heavy atom. The van der Waals surface area contributed by atoms with E-state index in [1.54, 1.807) is 13.2 Å². The van der Waals surface area contributed by atoms with E-state index in [-0.39, 0.29) is 5.91 Å². The molecule has 1 amide bonds. The molecule has 6 nitrogen and oxygen atoms in total. The molecule has 0 fully saturated rings. The van der Waals surface area contributed by atoms with Gasteiger partial charge in [0.2, 0.25) is 0 Å². The number of nitrogens with one attached hydrogen (secondary N) is 1. The first-order valence-corrected chi connectivity index (χ1v) is 8.46. The molecule has 0 aliphatic carbocycles. The lowest BCUT2D eigenvalue weighted by atomic mass is 10.1. The number of carbonyl (C=O) groups excluding carboxylic acids is 1. The maximum atomic E-state index is 11.8. The van der Waals surface area contributed by atoms with Gasteiger partial charge in [0, 0.05) is 25.2 Å². The van der Waals surface area contributed by atoms with Crippen molar-refractivity contribution in [3.8, 4) is 11.4 Å². The minimum Gasteiger partial charge on any atom is -0.361 e. The molecule has 7 heteroatoms. The molecule has 0 saturated carbocycles. The highest BCUT2D eigenvalue weighted by Gasteiger charge is 2.18. The molecule has 0 aliphatic rings. The Bertz CT molecular complexity index is 855. The van der Waals surface area contributed by atoms with Gasteiger partial charge in [-0.05, 0) is 32.4 Å². The second-order valence-corrected chi connectivity index (χ2v) is 6.47. The Kier molecular flexibility index (Phi) is 4.71. The van der Waals surface area contributed by atoms with Crippen molar-refractivity contribution in [1.29, 1.82) is 0 Å². The summed E-state index contributed by atoms with van der Waals surface area (Å²) in [6.07, 6.45) is 3.20. The van der Waals surface area contributed by atoms with Crippen molar-refractivity contribution in [3.63, 3.8) is 0 Å². The highest BCUT2D eigenvalue weighted by molar-refractivity contribution is 7.13. The minimum atomic E-state index is -0.0911. The van der Waals surface area contributed by atoms with Gasteiger partial charge in [-0.15, -0.1) is 11.3 Å². The number of thiazole rings is 1. The third-order valence-corrected chi connectivity index (χ3v) is 4.97. The number of hydrogen-bond donors (Lipinski definition) is 1. The molecule has 24 heavy (non-hydrogen) atoms. The zero-order chi connectivity index (χ0) is 17.1. The molecule has 0 saturated heterocycles. The van der Waals surface area contributed by atoms with Crippen LogP contribution in [-0.4, -0.2) is 28.1 Å². The largest absolute Gasteiger partial charge is 0.361 e. The van der Waals surface area contributed by atoms with Crippen molar-refractivity contribution in [1.82, 2.24) is 20.4 Å². The van der Waals surface area contributed by atoms with E-state index in [0.29, 0.717) is 4.88 Å². The smallest absolute Gasteiger partial charge is 0.263 e. The number of nitrogens with zero attached hydrogens (tertiary/aromatic N) is 3. The highest BCUT2D eigenvalue weighted by atomic mass is 32.1. The van der Waals surface area contributed by atoms with Gasteiger partial charge in [-0.3, -0.25) is 9.78 Å². The van der Waals surface area contributed by atoms with E-state index >= 15 is 0 Å².